The van der Waals surface area contributed by atoms with Crippen LogP contribution in [0.15, 0.2) is 23.2 Å². The standard InChI is InChI=1S/C12H15FNO/c1-12(2,3)14-8-9-5-6-10(13)11(7-9)15-4/h5-8H,1H2,2-4H3/b14-8+. The summed E-state index contributed by atoms with van der Waals surface area (Å²) in [6, 6.07) is 4.61. The van der Waals surface area contributed by atoms with Crippen molar-refractivity contribution in [3.8, 4) is 5.75 Å². The molecular formula is C12H15FNO. The molecule has 0 bridgehead atoms. The summed E-state index contributed by atoms with van der Waals surface area (Å²) in [4.78, 5) is 4.22. The molecule has 0 saturated carbocycles. The van der Waals surface area contributed by atoms with E-state index < -0.39 is 0 Å². The molecule has 2 nitrogen and oxygen atoms in total. The van der Waals surface area contributed by atoms with E-state index in [1.165, 1.54) is 13.2 Å². The van der Waals surface area contributed by atoms with E-state index in [1.54, 1.807) is 18.3 Å². The summed E-state index contributed by atoms with van der Waals surface area (Å²) in [6.45, 7) is 7.63. The molecule has 15 heavy (non-hydrogen) atoms. The largest absolute Gasteiger partial charge is 0.494 e. The SMILES string of the molecule is [CH2]C(C)(C)/N=C/c1ccc(F)c(OC)c1. The van der Waals surface area contributed by atoms with Gasteiger partial charge in [-0.25, -0.2) is 4.39 Å². The molecule has 1 radical (unpaired) electrons. The van der Waals surface area contributed by atoms with Gasteiger partial charge in [0, 0.05) is 6.21 Å². The Hall–Kier alpha value is -1.38. The summed E-state index contributed by atoms with van der Waals surface area (Å²) in [6.07, 6.45) is 1.66. The normalized spacial score (nSPS) is 12.1. The van der Waals surface area contributed by atoms with Gasteiger partial charge >= 0.3 is 0 Å². The van der Waals surface area contributed by atoms with Crippen LogP contribution >= 0.6 is 0 Å². The number of nitrogens with zero attached hydrogens (tertiary/aromatic N) is 1. The van der Waals surface area contributed by atoms with Crippen LogP contribution in [0.4, 0.5) is 4.39 Å². The van der Waals surface area contributed by atoms with Gasteiger partial charge in [-0.1, -0.05) is 6.07 Å². The van der Waals surface area contributed by atoms with Gasteiger partial charge in [-0.2, -0.15) is 0 Å². The third kappa shape index (κ3) is 3.70. The van der Waals surface area contributed by atoms with Gasteiger partial charge in [0.05, 0.1) is 12.6 Å². The minimum absolute atomic E-state index is 0.223. The maximum Gasteiger partial charge on any atom is 0.165 e. The lowest BCUT2D eigenvalue weighted by Gasteiger charge is -2.10. The van der Waals surface area contributed by atoms with Crippen LogP contribution in [0.3, 0.4) is 0 Å². The number of benzene rings is 1. The van der Waals surface area contributed by atoms with Gasteiger partial charge in [0.25, 0.3) is 0 Å². The average molecular weight is 208 g/mol. The van der Waals surface area contributed by atoms with Gasteiger partial charge in [-0.05, 0) is 38.5 Å². The molecule has 0 spiro atoms. The predicted molar refractivity (Wildman–Crippen MR) is 60.0 cm³/mol. The zero-order chi connectivity index (χ0) is 11.5. The first kappa shape index (κ1) is 11.7. The smallest absolute Gasteiger partial charge is 0.165 e. The van der Waals surface area contributed by atoms with E-state index in [0.717, 1.165) is 5.56 Å². The number of hydrogen-bond acceptors (Lipinski definition) is 2. The Bertz CT molecular complexity index is 366. The van der Waals surface area contributed by atoms with E-state index in [-0.39, 0.29) is 17.1 Å². The highest BCUT2D eigenvalue weighted by molar-refractivity contribution is 5.80. The first-order valence-corrected chi connectivity index (χ1v) is 4.66. The lowest BCUT2D eigenvalue weighted by Crippen LogP contribution is -2.10. The van der Waals surface area contributed by atoms with Crippen LogP contribution < -0.4 is 4.74 Å². The van der Waals surface area contributed by atoms with Crippen LogP contribution in [-0.4, -0.2) is 18.9 Å². The van der Waals surface area contributed by atoms with Crippen molar-refractivity contribution in [1.29, 1.82) is 0 Å². The minimum Gasteiger partial charge on any atom is -0.494 e. The maximum atomic E-state index is 13.1. The fourth-order valence-corrected chi connectivity index (χ4v) is 1.01. The Morgan fingerprint density at radius 1 is 1.47 bits per heavy atom. The van der Waals surface area contributed by atoms with Gasteiger partial charge in [-0.15, -0.1) is 0 Å². The van der Waals surface area contributed by atoms with Gasteiger partial charge < -0.3 is 4.74 Å². The first-order valence-electron chi connectivity index (χ1n) is 4.66. The Labute approximate surface area is 89.8 Å². The van der Waals surface area contributed by atoms with Crippen LogP contribution in [0.1, 0.15) is 19.4 Å². The molecule has 0 amide bonds. The average Bonchev–Trinajstić information content (AvgIpc) is 2.15. The number of hydrogen-bond donors (Lipinski definition) is 0. The summed E-state index contributed by atoms with van der Waals surface area (Å²) in [5, 5.41) is 0. The molecule has 0 fully saturated rings. The Morgan fingerprint density at radius 2 is 2.13 bits per heavy atom. The summed E-state index contributed by atoms with van der Waals surface area (Å²) < 4.78 is 17.9. The van der Waals surface area contributed by atoms with E-state index in [2.05, 4.69) is 11.9 Å². The van der Waals surface area contributed by atoms with E-state index in [4.69, 9.17) is 4.74 Å². The molecule has 3 heteroatoms. The van der Waals surface area contributed by atoms with Crippen LogP contribution in [0.2, 0.25) is 0 Å². The quantitative estimate of drug-likeness (QED) is 0.700. The zero-order valence-corrected chi connectivity index (χ0v) is 9.25. The van der Waals surface area contributed by atoms with Crippen LogP contribution in [0.25, 0.3) is 0 Å². The van der Waals surface area contributed by atoms with Gasteiger partial charge in [0.15, 0.2) is 11.6 Å². The molecule has 0 saturated heterocycles. The fourth-order valence-electron chi connectivity index (χ4n) is 1.01. The summed E-state index contributed by atoms with van der Waals surface area (Å²) in [5.41, 5.74) is 0.423. The molecule has 0 atom stereocenters. The number of halogens is 1. The number of ether oxygens (including phenoxy) is 1. The van der Waals surface area contributed by atoms with Gasteiger partial charge in [0.2, 0.25) is 0 Å². The Morgan fingerprint density at radius 3 is 2.67 bits per heavy atom. The summed E-state index contributed by atoms with van der Waals surface area (Å²) in [7, 11) is 1.44. The van der Waals surface area contributed by atoms with Crippen molar-refractivity contribution in [3.63, 3.8) is 0 Å². The minimum atomic E-state index is -0.373. The fraction of sp³-hybridized carbons (Fsp3) is 0.333. The molecule has 1 aromatic rings. The molecule has 0 N–H and O–H groups in total. The molecule has 81 valence electrons. The topological polar surface area (TPSA) is 21.6 Å². The lowest BCUT2D eigenvalue weighted by molar-refractivity contribution is 0.386. The molecular weight excluding hydrogens is 193 g/mol. The third-order valence-electron chi connectivity index (χ3n) is 1.74. The van der Waals surface area contributed by atoms with Gasteiger partial charge in [0.1, 0.15) is 0 Å². The van der Waals surface area contributed by atoms with Crippen LogP contribution in [0.5, 0.6) is 5.75 Å². The van der Waals surface area contributed by atoms with Crippen molar-refractivity contribution in [2.45, 2.75) is 19.4 Å². The second-order valence-corrected chi connectivity index (χ2v) is 3.96. The second kappa shape index (κ2) is 4.43. The molecule has 0 aliphatic heterocycles. The Kier molecular flexibility index (Phi) is 3.45. The summed E-state index contributed by atoms with van der Waals surface area (Å²) >= 11 is 0. The van der Waals surface area contributed by atoms with Crippen LogP contribution in [-0.2, 0) is 0 Å². The van der Waals surface area contributed by atoms with E-state index in [1.807, 2.05) is 13.8 Å². The highest BCUT2D eigenvalue weighted by Crippen LogP contribution is 2.17. The zero-order valence-electron chi connectivity index (χ0n) is 9.25. The predicted octanol–water partition coefficient (Wildman–Crippen LogP) is 2.87. The highest BCUT2D eigenvalue weighted by atomic mass is 19.1. The van der Waals surface area contributed by atoms with Crippen molar-refractivity contribution in [2.24, 2.45) is 4.99 Å². The van der Waals surface area contributed by atoms with Crippen molar-refractivity contribution >= 4 is 6.21 Å². The van der Waals surface area contributed by atoms with Crippen LogP contribution in [0, 0.1) is 12.7 Å². The number of rotatable bonds is 3. The third-order valence-corrected chi connectivity index (χ3v) is 1.74. The van der Waals surface area contributed by atoms with E-state index in [0.29, 0.717) is 0 Å². The molecule has 0 aliphatic rings. The van der Waals surface area contributed by atoms with Crippen molar-refractivity contribution in [1.82, 2.24) is 0 Å². The maximum absolute atomic E-state index is 13.1. The Balaban J connectivity index is 2.93. The molecule has 1 aromatic carbocycles. The van der Waals surface area contributed by atoms with Gasteiger partial charge in [-0.3, -0.25) is 4.99 Å². The second-order valence-electron chi connectivity index (χ2n) is 3.96. The van der Waals surface area contributed by atoms with E-state index in [9.17, 15) is 4.39 Å². The molecule has 0 aromatic heterocycles. The molecule has 1 rings (SSSR count). The first-order chi connectivity index (χ1) is 6.92. The van der Waals surface area contributed by atoms with Crippen molar-refractivity contribution in [2.75, 3.05) is 7.11 Å². The highest BCUT2D eigenvalue weighted by Gasteiger charge is 2.06. The molecule has 0 aliphatic carbocycles. The monoisotopic (exact) mass is 208 g/mol. The molecule has 0 unspecified atom stereocenters. The molecule has 0 heterocycles. The summed E-state index contributed by atoms with van der Waals surface area (Å²) in [5.74, 6) is -0.149. The van der Waals surface area contributed by atoms with Crippen molar-refractivity contribution < 1.29 is 9.13 Å². The number of methoxy groups -OCH3 is 1. The number of aliphatic imine (C=N–C) groups is 1. The lowest BCUT2D eigenvalue weighted by atomic mass is 10.1. The van der Waals surface area contributed by atoms with E-state index >= 15 is 0 Å². The van der Waals surface area contributed by atoms with Crippen molar-refractivity contribution in [3.05, 3.63) is 36.5 Å².